The van der Waals surface area contributed by atoms with Gasteiger partial charge in [0.25, 0.3) is 5.69 Å². The SMILES string of the molecule is Cc1cccc(CSCCNC(=O)CN(c2cc([N+](=O)[O-])ccc2C)S(C)(=O)=O)c1. The molecule has 0 saturated carbocycles. The summed E-state index contributed by atoms with van der Waals surface area (Å²) in [6, 6.07) is 12.1. The van der Waals surface area contributed by atoms with Crippen LogP contribution >= 0.6 is 11.8 Å². The zero-order valence-corrected chi connectivity index (χ0v) is 18.8. The minimum Gasteiger partial charge on any atom is -0.354 e. The lowest BCUT2D eigenvalue weighted by atomic mass is 10.2. The topological polar surface area (TPSA) is 110 Å². The van der Waals surface area contributed by atoms with Crippen LogP contribution in [0.15, 0.2) is 42.5 Å². The van der Waals surface area contributed by atoms with Crippen LogP contribution in [0, 0.1) is 24.0 Å². The number of hydrogen-bond donors (Lipinski definition) is 1. The molecule has 0 unspecified atom stereocenters. The highest BCUT2D eigenvalue weighted by Gasteiger charge is 2.24. The lowest BCUT2D eigenvalue weighted by molar-refractivity contribution is -0.384. The summed E-state index contributed by atoms with van der Waals surface area (Å²) in [4.78, 5) is 22.8. The first kappa shape index (κ1) is 23.7. The fourth-order valence-electron chi connectivity index (χ4n) is 2.80. The number of nitrogens with one attached hydrogen (secondary N) is 1. The van der Waals surface area contributed by atoms with Gasteiger partial charge in [-0.25, -0.2) is 8.42 Å². The summed E-state index contributed by atoms with van der Waals surface area (Å²) in [5, 5.41) is 13.7. The van der Waals surface area contributed by atoms with E-state index in [1.165, 1.54) is 29.3 Å². The number of nitro groups is 1. The van der Waals surface area contributed by atoms with E-state index in [0.717, 1.165) is 16.3 Å². The first-order chi connectivity index (χ1) is 14.1. The van der Waals surface area contributed by atoms with Crippen molar-refractivity contribution < 1.29 is 18.1 Å². The zero-order chi connectivity index (χ0) is 22.3. The van der Waals surface area contributed by atoms with Gasteiger partial charge in [-0.2, -0.15) is 11.8 Å². The number of aryl methyl sites for hydroxylation is 2. The van der Waals surface area contributed by atoms with Gasteiger partial charge in [0.15, 0.2) is 0 Å². The summed E-state index contributed by atoms with van der Waals surface area (Å²) < 4.78 is 25.4. The Hall–Kier alpha value is -2.59. The Labute approximate surface area is 180 Å². The Bertz CT molecular complexity index is 1020. The van der Waals surface area contributed by atoms with Gasteiger partial charge in [-0.05, 0) is 25.0 Å². The van der Waals surface area contributed by atoms with Crippen molar-refractivity contribution in [2.75, 3.05) is 29.4 Å². The van der Waals surface area contributed by atoms with Gasteiger partial charge in [-0.3, -0.25) is 19.2 Å². The fourth-order valence-corrected chi connectivity index (χ4v) is 4.51. The first-order valence-electron chi connectivity index (χ1n) is 9.20. The molecule has 1 amide bonds. The monoisotopic (exact) mass is 451 g/mol. The molecule has 30 heavy (non-hydrogen) atoms. The standard InChI is InChI=1S/C20H25N3O5S2/c1-15-5-4-6-17(11-15)14-29-10-9-21-20(24)13-22(30(3,27)28)19-12-18(23(25)26)8-7-16(19)2/h4-8,11-12H,9-10,13-14H2,1-3H3,(H,21,24). The van der Waals surface area contributed by atoms with E-state index in [-0.39, 0.29) is 11.4 Å². The third-order valence-electron chi connectivity index (χ3n) is 4.28. The Kier molecular flexibility index (Phi) is 8.24. The molecule has 0 bridgehead atoms. The van der Waals surface area contributed by atoms with E-state index < -0.39 is 27.4 Å². The van der Waals surface area contributed by atoms with Gasteiger partial charge < -0.3 is 5.32 Å². The molecule has 0 fully saturated rings. The molecule has 0 radical (unpaired) electrons. The summed E-state index contributed by atoms with van der Waals surface area (Å²) in [6.07, 6.45) is 0.969. The highest BCUT2D eigenvalue weighted by Crippen LogP contribution is 2.27. The van der Waals surface area contributed by atoms with Gasteiger partial charge in [0, 0.05) is 30.2 Å². The summed E-state index contributed by atoms with van der Waals surface area (Å²) in [5.74, 6) is 1.02. The van der Waals surface area contributed by atoms with E-state index in [9.17, 15) is 23.3 Å². The molecule has 2 rings (SSSR count). The van der Waals surface area contributed by atoms with Gasteiger partial charge in [-0.1, -0.05) is 35.9 Å². The van der Waals surface area contributed by atoms with Crippen LogP contribution in [0.2, 0.25) is 0 Å². The van der Waals surface area contributed by atoms with Crippen molar-refractivity contribution in [3.05, 3.63) is 69.3 Å². The van der Waals surface area contributed by atoms with Gasteiger partial charge in [0.2, 0.25) is 15.9 Å². The molecule has 0 spiro atoms. The highest BCUT2D eigenvalue weighted by atomic mass is 32.2. The normalized spacial score (nSPS) is 11.2. The van der Waals surface area contributed by atoms with Crippen molar-refractivity contribution in [3.63, 3.8) is 0 Å². The molecule has 0 aliphatic rings. The van der Waals surface area contributed by atoms with Crippen molar-refractivity contribution in [1.29, 1.82) is 0 Å². The number of hydrogen-bond acceptors (Lipinski definition) is 6. The number of carbonyl (C=O) groups is 1. The summed E-state index contributed by atoms with van der Waals surface area (Å²) in [6.45, 7) is 3.62. The number of carbonyl (C=O) groups excluding carboxylic acids is 1. The third kappa shape index (κ3) is 7.03. The molecule has 10 heteroatoms. The molecule has 0 saturated heterocycles. The van der Waals surface area contributed by atoms with Gasteiger partial charge in [0.1, 0.15) is 6.54 Å². The molecule has 0 aromatic heterocycles. The van der Waals surface area contributed by atoms with Crippen LogP contribution in [0.4, 0.5) is 11.4 Å². The molecular formula is C20H25N3O5S2. The maximum Gasteiger partial charge on any atom is 0.271 e. The van der Waals surface area contributed by atoms with Crippen molar-refractivity contribution in [1.82, 2.24) is 5.32 Å². The van der Waals surface area contributed by atoms with Crippen LogP contribution in [0.1, 0.15) is 16.7 Å². The van der Waals surface area contributed by atoms with E-state index in [1.807, 2.05) is 25.1 Å². The second-order valence-corrected chi connectivity index (χ2v) is 9.90. The molecule has 1 N–H and O–H groups in total. The Morgan fingerprint density at radius 2 is 1.93 bits per heavy atom. The van der Waals surface area contributed by atoms with Crippen molar-refractivity contribution >= 4 is 39.1 Å². The molecule has 2 aromatic carbocycles. The third-order valence-corrected chi connectivity index (χ3v) is 6.44. The van der Waals surface area contributed by atoms with E-state index in [4.69, 9.17) is 0 Å². The van der Waals surface area contributed by atoms with Crippen molar-refractivity contribution in [2.24, 2.45) is 0 Å². The zero-order valence-electron chi connectivity index (χ0n) is 17.1. The summed E-state index contributed by atoms with van der Waals surface area (Å²) in [7, 11) is -3.81. The Morgan fingerprint density at radius 1 is 1.20 bits per heavy atom. The number of rotatable bonds is 10. The minimum absolute atomic E-state index is 0.121. The molecule has 2 aromatic rings. The predicted octanol–water partition coefficient (Wildman–Crippen LogP) is 3.03. The first-order valence-corrected chi connectivity index (χ1v) is 12.2. The number of amides is 1. The quantitative estimate of drug-likeness (QED) is 0.338. The molecule has 0 aliphatic carbocycles. The van der Waals surface area contributed by atoms with E-state index in [0.29, 0.717) is 17.9 Å². The van der Waals surface area contributed by atoms with Crippen molar-refractivity contribution in [2.45, 2.75) is 19.6 Å². The van der Waals surface area contributed by atoms with Gasteiger partial charge >= 0.3 is 0 Å². The molecule has 0 heterocycles. The molecule has 8 nitrogen and oxygen atoms in total. The number of nitro benzene ring substituents is 1. The van der Waals surface area contributed by atoms with E-state index in [2.05, 4.69) is 11.4 Å². The van der Waals surface area contributed by atoms with Crippen LogP contribution < -0.4 is 9.62 Å². The van der Waals surface area contributed by atoms with E-state index in [1.54, 1.807) is 18.7 Å². The predicted molar refractivity (Wildman–Crippen MR) is 120 cm³/mol. The lowest BCUT2D eigenvalue weighted by Gasteiger charge is -2.23. The minimum atomic E-state index is -3.81. The van der Waals surface area contributed by atoms with Gasteiger partial charge in [0.05, 0.1) is 16.9 Å². The largest absolute Gasteiger partial charge is 0.354 e. The van der Waals surface area contributed by atoms with Crippen LogP contribution in [0.3, 0.4) is 0 Å². The molecular weight excluding hydrogens is 426 g/mol. The van der Waals surface area contributed by atoms with Crippen LogP contribution in [0.5, 0.6) is 0 Å². The number of benzene rings is 2. The molecule has 0 atom stereocenters. The van der Waals surface area contributed by atoms with Gasteiger partial charge in [-0.15, -0.1) is 0 Å². The molecule has 0 aliphatic heterocycles. The maximum atomic E-state index is 12.3. The second-order valence-electron chi connectivity index (χ2n) is 6.89. The highest BCUT2D eigenvalue weighted by molar-refractivity contribution is 7.98. The maximum absolute atomic E-state index is 12.3. The average molecular weight is 452 g/mol. The molecule has 162 valence electrons. The number of sulfonamides is 1. The summed E-state index contributed by atoms with van der Waals surface area (Å²) in [5.41, 5.74) is 2.80. The average Bonchev–Trinajstić information content (AvgIpc) is 2.65. The number of thioether (sulfide) groups is 1. The number of nitrogens with zero attached hydrogens (tertiary/aromatic N) is 2. The van der Waals surface area contributed by atoms with E-state index >= 15 is 0 Å². The van der Waals surface area contributed by atoms with Crippen LogP contribution in [-0.4, -0.2) is 44.3 Å². The second kappa shape index (κ2) is 10.4. The van der Waals surface area contributed by atoms with Crippen LogP contribution in [0.25, 0.3) is 0 Å². The number of non-ortho nitro benzene ring substituents is 1. The fraction of sp³-hybridized carbons (Fsp3) is 0.350. The summed E-state index contributed by atoms with van der Waals surface area (Å²) >= 11 is 1.66. The Morgan fingerprint density at radius 3 is 2.57 bits per heavy atom. The van der Waals surface area contributed by atoms with Crippen LogP contribution in [-0.2, 0) is 20.6 Å². The van der Waals surface area contributed by atoms with Crippen molar-refractivity contribution in [3.8, 4) is 0 Å². The lowest BCUT2D eigenvalue weighted by Crippen LogP contribution is -2.41. The smallest absolute Gasteiger partial charge is 0.271 e. The Balaban J connectivity index is 1.95. The number of anilines is 1.